The van der Waals surface area contributed by atoms with E-state index in [1.165, 1.54) is 22.9 Å². The van der Waals surface area contributed by atoms with Crippen molar-refractivity contribution in [2.75, 3.05) is 0 Å². The fourth-order valence-electron chi connectivity index (χ4n) is 1.44. The molecule has 0 unspecified atom stereocenters. The minimum atomic E-state index is -0.495. The lowest BCUT2D eigenvalue weighted by molar-refractivity contribution is -0.385. The van der Waals surface area contributed by atoms with Crippen LogP contribution in [0.2, 0.25) is 0 Å². The number of hydrogen-bond donors (Lipinski definition) is 0. The van der Waals surface area contributed by atoms with E-state index in [-0.39, 0.29) is 11.5 Å². The third-order valence-corrected chi connectivity index (χ3v) is 2.23. The van der Waals surface area contributed by atoms with Gasteiger partial charge in [-0.3, -0.25) is 14.7 Å². The van der Waals surface area contributed by atoms with E-state index >= 15 is 0 Å². The predicted molar refractivity (Wildman–Crippen MR) is 57.5 cm³/mol. The SMILES string of the molecule is Cc1nc(-n2ccnc2C#N)ccc1[N+](=O)[O-]. The first-order valence-corrected chi connectivity index (χ1v) is 4.69. The van der Waals surface area contributed by atoms with Crippen LogP contribution in [0.5, 0.6) is 0 Å². The van der Waals surface area contributed by atoms with Gasteiger partial charge in [-0.15, -0.1) is 0 Å². The molecule has 0 aliphatic carbocycles. The smallest absolute Gasteiger partial charge is 0.275 e. The molecule has 7 nitrogen and oxygen atoms in total. The van der Waals surface area contributed by atoms with Gasteiger partial charge in [0.05, 0.1) is 4.92 Å². The van der Waals surface area contributed by atoms with E-state index < -0.39 is 4.92 Å². The minimum Gasteiger partial charge on any atom is -0.275 e. The van der Waals surface area contributed by atoms with Gasteiger partial charge in [0.15, 0.2) is 0 Å². The molecule has 2 heterocycles. The number of aryl methyl sites for hydroxylation is 1. The van der Waals surface area contributed by atoms with Crippen LogP contribution < -0.4 is 0 Å². The molecule has 0 aliphatic heterocycles. The van der Waals surface area contributed by atoms with Crippen LogP contribution in [0.1, 0.15) is 11.5 Å². The summed E-state index contributed by atoms with van der Waals surface area (Å²) in [7, 11) is 0. The Morgan fingerprint density at radius 2 is 2.29 bits per heavy atom. The van der Waals surface area contributed by atoms with E-state index in [0.29, 0.717) is 11.5 Å². The monoisotopic (exact) mass is 229 g/mol. The minimum absolute atomic E-state index is 0.0487. The van der Waals surface area contributed by atoms with Gasteiger partial charge >= 0.3 is 0 Å². The first kappa shape index (κ1) is 10.8. The van der Waals surface area contributed by atoms with Crippen LogP contribution >= 0.6 is 0 Å². The Hall–Kier alpha value is -2.75. The van der Waals surface area contributed by atoms with Crippen molar-refractivity contribution in [1.29, 1.82) is 5.26 Å². The summed E-state index contributed by atoms with van der Waals surface area (Å²) in [5.41, 5.74) is 0.248. The summed E-state index contributed by atoms with van der Waals surface area (Å²) in [6, 6.07) is 4.75. The van der Waals surface area contributed by atoms with Gasteiger partial charge in [-0.1, -0.05) is 0 Å². The van der Waals surface area contributed by atoms with Gasteiger partial charge in [-0.25, -0.2) is 9.97 Å². The first-order chi connectivity index (χ1) is 8.13. The van der Waals surface area contributed by atoms with Crippen LogP contribution in [0.4, 0.5) is 5.69 Å². The van der Waals surface area contributed by atoms with Crippen LogP contribution in [-0.4, -0.2) is 19.5 Å². The molecule has 84 valence electrons. The second-order valence-corrected chi connectivity index (χ2v) is 3.26. The van der Waals surface area contributed by atoms with E-state index in [1.54, 1.807) is 13.1 Å². The molecule has 17 heavy (non-hydrogen) atoms. The van der Waals surface area contributed by atoms with Crippen molar-refractivity contribution < 1.29 is 4.92 Å². The summed E-state index contributed by atoms with van der Waals surface area (Å²) in [5, 5.41) is 19.4. The summed E-state index contributed by atoms with van der Waals surface area (Å²) < 4.78 is 1.47. The second-order valence-electron chi connectivity index (χ2n) is 3.26. The fourth-order valence-corrected chi connectivity index (χ4v) is 1.44. The first-order valence-electron chi connectivity index (χ1n) is 4.69. The standard InChI is InChI=1S/C10H7N5O2/c1-7-8(15(16)17)2-3-9(13-7)14-5-4-12-10(14)6-11/h2-5H,1H3. The highest BCUT2D eigenvalue weighted by Gasteiger charge is 2.13. The average molecular weight is 229 g/mol. The Morgan fingerprint density at radius 1 is 1.53 bits per heavy atom. The Bertz CT molecular complexity index is 626. The largest absolute Gasteiger partial charge is 0.290 e. The number of rotatable bonds is 2. The predicted octanol–water partition coefficient (Wildman–Crippen LogP) is 1.36. The number of nitriles is 1. The molecule has 0 spiro atoms. The molecular formula is C10H7N5O2. The number of pyridine rings is 1. The third-order valence-electron chi connectivity index (χ3n) is 2.23. The van der Waals surface area contributed by atoms with Gasteiger partial charge < -0.3 is 0 Å². The topological polar surface area (TPSA) is 97.6 Å². The molecule has 0 N–H and O–H groups in total. The molecule has 0 atom stereocenters. The van der Waals surface area contributed by atoms with Crippen molar-refractivity contribution in [1.82, 2.24) is 14.5 Å². The molecular weight excluding hydrogens is 222 g/mol. The Balaban J connectivity index is 2.53. The van der Waals surface area contributed by atoms with Crippen LogP contribution in [0.15, 0.2) is 24.5 Å². The van der Waals surface area contributed by atoms with Gasteiger partial charge in [0.25, 0.3) is 5.69 Å². The average Bonchev–Trinajstić information content (AvgIpc) is 2.76. The van der Waals surface area contributed by atoms with Crippen LogP contribution in [0.3, 0.4) is 0 Å². The number of imidazole rings is 1. The van der Waals surface area contributed by atoms with Crippen LogP contribution in [0.25, 0.3) is 5.82 Å². The number of aromatic nitrogens is 3. The molecule has 2 aromatic rings. The molecule has 0 aliphatic rings. The molecule has 0 saturated carbocycles. The zero-order valence-electron chi connectivity index (χ0n) is 8.86. The van der Waals surface area contributed by atoms with Crippen molar-refractivity contribution in [2.45, 2.75) is 6.92 Å². The molecule has 0 amide bonds. The van der Waals surface area contributed by atoms with E-state index in [0.717, 1.165) is 0 Å². The molecule has 7 heteroatoms. The zero-order chi connectivity index (χ0) is 12.4. The lowest BCUT2D eigenvalue weighted by Crippen LogP contribution is -2.02. The zero-order valence-corrected chi connectivity index (χ0v) is 8.86. The summed E-state index contributed by atoms with van der Waals surface area (Å²) >= 11 is 0. The summed E-state index contributed by atoms with van der Waals surface area (Å²) in [6.45, 7) is 1.55. The Kier molecular flexibility index (Phi) is 2.54. The lowest BCUT2D eigenvalue weighted by Gasteiger charge is -2.03. The Labute approximate surface area is 96.1 Å². The maximum Gasteiger partial charge on any atom is 0.290 e. The van der Waals surface area contributed by atoms with E-state index in [2.05, 4.69) is 9.97 Å². The normalized spacial score (nSPS) is 9.88. The summed E-state index contributed by atoms with van der Waals surface area (Å²) in [5.74, 6) is 0.618. The highest BCUT2D eigenvalue weighted by atomic mass is 16.6. The van der Waals surface area contributed by atoms with Crippen molar-refractivity contribution in [3.63, 3.8) is 0 Å². The maximum absolute atomic E-state index is 10.6. The van der Waals surface area contributed by atoms with Crippen molar-refractivity contribution in [3.8, 4) is 11.9 Å². The van der Waals surface area contributed by atoms with Crippen LogP contribution in [0, 0.1) is 28.4 Å². The van der Waals surface area contributed by atoms with Crippen molar-refractivity contribution in [3.05, 3.63) is 46.2 Å². The lowest BCUT2D eigenvalue weighted by atomic mass is 10.3. The van der Waals surface area contributed by atoms with E-state index in [9.17, 15) is 10.1 Å². The van der Waals surface area contributed by atoms with Crippen molar-refractivity contribution >= 4 is 5.69 Å². The van der Waals surface area contributed by atoms with E-state index in [4.69, 9.17) is 5.26 Å². The molecule has 2 rings (SSSR count). The van der Waals surface area contributed by atoms with Gasteiger partial charge in [0, 0.05) is 18.5 Å². The third kappa shape index (κ3) is 1.83. The molecule has 0 saturated heterocycles. The molecule has 2 aromatic heterocycles. The van der Waals surface area contributed by atoms with Crippen molar-refractivity contribution in [2.24, 2.45) is 0 Å². The highest BCUT2D eigenvalue weighted by molar-refractivity contribution is 5.40. The number of nitrogens with zero attached hydrogens (tertiary/aromatic N) is 5. The molecule has 0 fully saturated rings. The number of hydrogen-bond acceptors (Lipinski definition) is 5. The molecule has 0 bridgehead atoms. The van der Waals surface area contributed by atoms with Gasteiger partial charge in [0.2, 0.25) is 5.82 Å². The summed E-state index contributed by atoms with van der Waals surface area (Å²) in [4.78, 5) is 18.0. The quantitative estimate of drug-likeness (QED) is 0.571. The summed E-state index contributed by atoms with van der Waals surface area (Å²) in [6.07, 6.45) is 3.04. The van der Waals surface area contributed by atoms with Gasteiger partial charge in [0.1, 0.15) is 17.6 Å². The molecule has 0 radical (unpaired) electrons. The maximum atomic E-state index is 10.6. The van der Waals surface area contributed by atoms with Gasteiger partial charge in [-0.05, 0) is 13.0 Å². The Morgan fingerprint density at radius 3 is 2.88 bits per heavy atom. The molecule has 0 aromatic carbocycles. The highest BCUT2D eigenvalue weighted by Crippen LogP contribution is 2.18. The number of nitro groups is 1. The fraction of sp³-hybridized carbons (Fsp3) is 0.100. The van der Waals surface area contributed by atoms with E-state index in [1.807, 2.05) is 6.07 Å². The second kappa shape index (κ2) is 4.02. The van der Waals surface area contributed by atoms with Crippen LogP contribution in [-0.2, 0) is 0 Å². The van der Waals surface area contributed by atoms with Gasteiger partial charge in [-0.2, -0.15) is 5.26 Å².